The highest BCUT2D eigenvalue weighted by Crippen LogP contribution is 2.29. The fourth-order valence-corrected chi connectivity index (χ4v) is 3.20. The molecule has 6 heteroatoms. The van der Waals surface area contributed by atoms with Gasteiger partial charge in [0.05, 0.1) is 5.56 Å². The lowest BCUT2D eigenvalue weighted by Gasteiger charge is -2.37. The third kappa shape index (κ3) is 5.47. The van der Waals surface area contributed by atoms with Gasteiger partial charge in [-0.2, -0.15) is 13.2 Å². The lowest BCUT2D eigenvalue weighted by molar-refractivity contribution is -0.137. The van der Waals surface area contributed by atoms with Gasteiger partial charge in [0.1, 0.15) is 12.4 Å². The molecular formula is C21H25F3N2O. The van der Waals surface area contributed by atoms with Crippen molar-refractivity contribution in [2.24, 2.45) is 0 Å². The van der Waals surface area contributed by atoms with E-state index in [1.165, 1.54) is 17.7 Å². The van der Waals surface area contributed by atoms with Gasteiger partial charge >= 0.3 is 6.18 Å². The molecule has 2 aromatic carbocycles. The predicted molar refractivity (Wildman–Crippen MR) is 99.6 cm³/mol. The van der Waals surface area contributed by atoms with Crippen LogP contribution in [0.25, 0.3) is 0 Å². The quantitative estimate of drug-likeness (QED) is 0.831. The minimum absolute atomic E-state index is 0.240. The van der Waals surface area contributed by atoms with Gasteiger partial charge in [-0.15, -0.1) is 0 Å². The molecule has 0 radical (unpaired) electrons. The molecule has 1 aliphatic rings. The molecule has 2 aromatic rings. The molecule has 0 saturated carbocycles. The number of hydrogen-bond donors (Lipinski definition) is 1. The van der Waals surface area contributed by atoms with E-state index in [0.29, 0.717) is 23.4 Å². The number of hydrogen-bond acceptors (Lipinski definition) is 3. The van der Waals surface area contributed by atoms with Crippen molar-refractivity contribution in [1.82, 2.24) is 10.2 Å². The van der Waals surface area contributed by atoms with Crippen molar-refractivity contribution in [3.8, 4) is 5.75 Å². The minimum Gasteiger partial charge on any atom is -0.489 e. The van der Waals surface area contributed by atoms with Crippen LogP contribution in [0.3, 0.4) is 0 Å². The molecule has 1 aliphatic heterocycles. The van der Waals surface area contributed by atoms with Gasteiger partial charge in [-0.25, -0.2) is 0 Å². The van der Waals surface area contributed by atoms with Crippen LogP contribution in [0.5, 0.6) is 5.75 Å². The molecule has 0 bridgehead atoms. The van der Waals surface area contributed by atoms with Crippen molar-refractivity contribution >= 4 is 0 Å². The summed E-state index contributed by atoms with van der Waals surface area (Å²) < 4.78 is 43.4. The molecule has 3 nitrogen and oxygen atoms in total. The lowest BCUT2D eigenvalue weighted by Crippen LogP contribution is -2.53. The second-order valence-electron chi connectivity index (χ2n) is 7.22. The van der Waals surface area contributed by atoms with E-state index in [1.807, 2.05) is 24.3 Å². The Hall–Kier alpha value is -2.05. The van der Waals surface area contributed by atoms with E-state index < -0.39 is 11.7 Å². The largest absolute Gasteiger partial charge is 0.489 e. The summed E-state index contributed by atoms with van der Waals surface area (Å²) in [6.45, 7) is 7.57. The van der Waals surface area contributed by atoms with Gasteiger partial charge in [-0.05, 0) is 49.2 Å². The molecule has 0 spiro atoms. The third-order valence-corrected chi connectivity index (χ3v) is 4.89. The van der Waals surface area contributed by atoms with Gasteiger partial charge in [-0.1, -0.05) is 24.3 Å². The van der Waals surface area contributed by atoms with Crippen LogP contribution < -0.4 is 10.1 Å². The Morgan fingerprint density at radius 3 is 2.26 bits per heavy atom. The third-order valence-electron chi connectivity index (χ3n) is 4.89. The monoisotopic (exact) mass is 378 g/mol. The Balaban J connectivity index is 1.53. The van der Waals surface area contributed by atoms with Crippen molar-refractivity contribution in [3.05, 3.63) is 65.2 Å². The number of halogens is 3. The first kappa shape index (κ1) is 19.7. The SMILES string of the molecule is C[C@@H]1CN[C@@H](C)CN1Cc1ccc(OCc2ccc(C(F)(F)F)cc2)cc1. The Morgan fingerprint density at radius 2 is 1.63 bits per heavy atom. The first-order valence-corrected chi connectivity index (χ1v) is 9.16. The highest BCUT2D eigenvalue weighted by Gasteiger charge is 2.29. The van der Waals surface area contributed by atoms with Crippen LogP contribution in [0.4, 0.5) is 13.2 Å². The molecule has 0 unspecified atom stereocenters. The van der Waals surface area contributed by atoms with Gasteiger partial charge < -0.3 is 10.1 Å². The molecule has 0 aromatic heterocycles. The average Bonchev–Trinajstić information content (AvgIpc) is 2.64. The topological polar surface area (TPSA) is 24.5 Å². The van der Waals surface area contributed by atoms with E-state index in [9.17, 15) is 13.2 Å². The Morgan fingerprint density at radius 1 is 1.00 bits per heavy atom. The van der Waals surface area contributed by atoms with Crippen molar-refractivity contribution in [2.75, 3.05) is 13.1 Å². The fourth-order valence-electron chi connectivity index (χ4n) is 3.20. The summed E-state index contributed by atoms with van der Waals surface area (Å²) in [6.07, 6.45) is -4.31. The second kappa shape index (κ2) is 8.31. The van der Waals surface area contributed by atoms with Crippen LogP contribution in [-0.4, -0.2) is 30.1 Å². The normalized spacial score (nSPS) is 21.2. The second-order valence-corrected chi connectivity index (χ2v) is 7.22. The molecule has 1 N–H and O–H groups in total. The molecule has 1 fully saturated rings. The molecule has 146 valence electrons. The van der Waals surface area contributed by atoms with Crippen molar-refractivity contribution in [1.29, 1.82) is 0 Å². The summed E-state index contributed by atoms with van der Waals surface area (Å²) in [7, 11) is 0. The summed E-state index contributed by atoms with van der Waals surface area (Å²) in [6, 6.07) is 14.0. The summed E-state index contributed by atoms with van der Waals surface area (Å²) in [4.78, 5) is 2.46. The molecule has 3 rings (SSSR count). The van der Waals surface area contributed by atoms with Crippen LogP contribution in [-0.2, 0) is 19.3 Å². The summed E-state index contributed by atoms with van der Waals surface area (Å²) in [5.74, 6) is 0.709. The average molecular weight is 378 g/mol. The van der Waals surface area contributed by atoms with Gasteiger partial charge in [0.15, 0.2) is 0 Å². The number of ether oxygens (including phenoxy) is 1. The number of rotatable bonds is 5. The minimum atomic E-state index is -4.31. The lowest BCUT2D eigenvalue weighted by atomic mass is 10.1. The molecular weight excluding hydrogens is 353 g/mol. The number of benzene rings is 2. The first-order chi connectivity index (χ1) is 12.8. The van der Waals surface area contributed by atoms with Crippen molar-refractivity contribution < 1.29 is 17.9 Å². The number of nitrogens with one attached hydrogen (secondary N) is 1. The number of nitrogens with zero attached hydrogens (tertiary/aromatic N) is 1. The first-order valence-electron chi connectivity index (χ1n) is 9.16. The van der Waals surface area contributed by atoms with Crippen LogP contribution in [0, 0.1) is 0 Å². The van der Waals surface area contributed by atoms with Crippen LogP contribution in [0.1, 0.15) is 30.5 Å². The highest BCUT2D eigenvalue weighted by atomic mass is 19.4. The van der Waals surface area contributed by atoms with E-state index in [4.69, 9.17) is 4.74 Å². The molecule has 0 aliphatic carbocycles. The van der Waals surface area contributed by atoms with Gasteiger partial charge in [0, 0.05) is 31.7 Å². The maximum absolute atomic E-state index is 12.6. The maximum atomic E-state index is 12.6. The van der Waals surface area contributed by atoms with Gasteiger partial charge in [0.25, 0.3) is 0 Å². The Bertz CT molecular complexity index is 729. The fraction of sp³-hybridized carbons (Fsp3) is 0.429. The van der Waals surface area contributed by atoms with E-state index >= 15 is 0 Å². The number of piperazine rings is 1. The zero-order valence-corrected chi connectivity index (χ0v) is 15.6. The zero-order chi connectivity index (χ0) is 19.4. The summed E-state index contributed by atoms with van der Waals surface area (Å²) in [5.41, 5.74) is 1.28. The van der Waals surface area contributed by atoms with E-state index in [1.54, 1.807) is 0 Å². The van der Waals surface area contributed by atoms with Crippen LogP contribution in [0.2, 0.25) is 0 Å². The Labute approximate surface area is 158 Å². The molecule has 27 heavy (non-hydrogen) atoms. The number of alkyl halides is 3. The predicted octanol–water partition coefficient (Wildman–Crippen LogP) is 4.47. The van der Waals surface area contributed by atoms with Crippen LogP contribution in [0.15, 0.2) is 48.5 Å². The maximum Gasteiger partial charge on any atom is 0.416 e. The Kier molecular flexibility index (Phi) is 6.07. The zero-order valence-electron chi connectivity index (χ0n) is 15.6. The molecule has 0 amide bonds. The molecule has 1 saturated heterocycles. The standard InChI is InChI=1S/C21H25F3N2O/c1-15-12-26(16(2)11-25-15)13-17-5-9-20(10-6-17)27-14-18-3-7-19(8-4-18)21(22,23)24/h3-10,15-16,25H,11-14H2,1-2H3/t15-,16+/m0/s1. The van der Waals surface area contributed by atoms with E-state index in [2.05, 4.69) is 24.1 Å². The molecule has 2 atom stereocenters. The van der Waals surface area contributed by atoms with Crippen molar-refractivity contribution in [3.63, 3.8) is 0 Å². The summed E-state index contributed by atoms with van der Waals surface area (Å²) in [5, 5.41) is 3.48. The van der Waals surface area contributed by atoms with Crippen molar-refractivity contribution in [2.45, 2.75) is 45.3 Å². The van der Waals surface area contributed by atoms with Crippen LogP contribution >= 0.6 is 0 Å². The van der Waals surface area contributed by atoms with Gasteiger partial charge in [0.2, 0.25) is 0 Å². The van der Waals surface area contributed by atoms with E-state index in [0.717, 1.165) is 31.8 Å². The van der Waals surface area contributed by atoms with Gasteiger partial charge in [-0.3, -0.25) is 4.90 Å². The molecule has 1 heterocycles. The highest BCUT2D eigenvalue weighted by molar-refractivity contribution is 5.29. The van der Waals surface area contributed by atoms with E-state index in [-0.39, 0.29) is 6.61 Å². The summed E-state index contributed by atoms with van der Waals surface area (Å²) >= 11 is 0. The smallest absolute Gasteiger partial charge is 0.416 e.